The molecule has 8 nitrogen and oxygen atoms in total. The van der Waals surface area contributed by atoms with Gasteiger partial charge in [0.25, 0.3) is 11.8 Å². The summed E-state index contributed by atoms with van der Waals surface area (Å²) in [4.78, 5) is 40.1. The number of hydrogen-bond acceptors (Lipinski definition) is 6. The van der Waals surface area contributed by atoms with Gasteiger partial charge in [0.15, 0.2) is 5.69 Å². The molecule has 184 valence electrons. The lowest BCUT2D eigenvalue weighted by molar-refractivity contribution is -0.122. The molecule has 0 aliphatic heterocycles. The first-order chi connectivity index (χ1) is 16.6. The molecule has 0 unspecified atom stereocenters. The molecule has 3 aromatic rings. The van der Waals surface area contributed by atoms with Gasteiger partial charge < -0.3 is 16.8 Å². The van der Waals surface area contributed by atoms with Gasteiger partial charge in [-0.1, -0.05) is 37.6 Å². The minimum absolute atomic E-state index is 0.0722. The lowest BCUT2D eigenvalue weighted by atomic mass is 10.0. The molecule has 1 heterocycles. The Morgan fingerprint density at radius 3 is 2.29 bits per heavy atom. The summed E-state index contributed by atoms with van der Waals surface area (Å²) in [5.74, 6) is -2.20. The molecule has 35 heavy (non-hydrogen) atoms. The number of anilines is 2. The number of aromatic nitrogens is 1. The number of halogens is 2. The zero-order chi connectivity index (χ0) is 25.7. The second kappa shape index (κ2) is 11.3. The van der Waals surface area contributed by atoms with E-state index in [4.69, 9.17) is 23.1 Å². The molecule has 0 fully saturated rings. The van der Waals surface area contributed by atoms with Crippen LogP contribution in [0.25, 0.3) is 0 Å². The van der Waals surface area contributed by atoms with Crippen LogP contribution in [0.4, 0.5) is 15.8 Å². The Hall–Kier alpha value is -3.50. The van der Waals surface area contributed by atoms with Crippen molar-refractivity contribution in [2.45, 2.75) is 26.3 Å². The van der Waals surface area contributed by atoms with E-state index in [2.05, 4.69) is 9.69 Å². The molecule has 1 atom stereocenters. The van der Waals surface area contributed by atoms with Gasteiger partial charge in [-0.05, 0) is 65.8 Å². The Labute approximate surface area is 211 Å². The number of rotatable bonds is 9. The highest BCUT2D eigenvalue weighted by molar-refractivity contribution is 7.09. The lowest BCUT2D eigenvalue weighted by Crippen LogP contribution is -2.44. The number of nitrogens with one attached hydrogen (secondary N) is 1. The Kier molecular flexibility index (Phi) is 8.42. The summed E-state index contributed by atoms with van der Waals surface area (Å²) in [7, 11) is 0. The van der Waals surface area contributed by atoms with Crippen LogP contribution in [0, 0.1) is 11.7 Å². The van der Waals surface area contributed by atoms with E-state index in [1.807, 2.05) is 13.8 Å². The number of benzene rings is 2. The summed E-state index contributed by atoms with van der Waals surface area (Å²) in [6.45, 7) is 4.45. The van der Waals surface area contributed by atoms with E-state index in [-0.39, 0.29) is 21.9 Å². The molecule has 11 heteroatoms. The quantitative estimate of drug-likeness (QED) is 0.392. The Bertz CT molecular complexity index is 1210. The van der Waals surface area contributed by atoms with Crippen molar-refractivity contribution in [2.24, 2.45) is 11.7 Å². The van der Waals surface area contributed by atoms with E-state index in [9.17, 15) is 18.8 Å². The molecule has 3 rings (SSSR count). The summed E-state index contributed by atoms with van der Waals surface area (Å²) in [5, 5.41) is 3.32. The summed E-state index contributed by atoms with van der Waals surface area (Å²) in [5.41, 5.74) is 11.6. The second-order valence-corrected chi connectivity index (χ2v) is 9.43. The molecule has 5 N–H and O–H groups in total. The van der Waals surface area contributed by atoms with Crippen LogP contribution in [0.5, 0.6) is 0 Å². The Balaban J connectivity index is 2.14. The average molecular weight is 518 g/mol. The van der Waals surface area contributed by atoms with Crippen molar-refractivity contribution in [3.63, 3.8) is 0 Å². The van der Waals surface area contributed by atoms with Crippen molar-refractivity contribution in [2.75, 3.05) is 17.2 Å². The van der Waals surface area contributed by atoms with Crippen molar-refractivity contribution in [1.82, 2.24) is 9.69 Å². The molecular weight excluding hydrogens is 493 g/mol. The highest BCUT2D eigenvalue weighted by Gasteiger charge is 2.36. The number of nitrogen functional groups attached to an aromatic ring is 1. The molecule has 0 aliphatic carbocycles. The van der Waals surface area contributed by atoms with Gasteiger partial charge in [-0.15, -0.1) is 0 Å². The molecule has 0 radical (unpaired) electrons. The van der Waals surface area contributed by atoms with Gasteiger partial charge in [0.05, 0.1) is 5.69 Å². The van der Waals surface area contributed by atoms with E-state index in [0.29, 0.717) is 34.6 Å². The van der Waals surface area contributed by atoms with Gasteiger partial charge in [0.1, 0.15) is 16.7 Å². The molecule has 0 saturated heterocycles. The first-order valence-electron chi connectivity index (χ1n) is 10.8. The van der Waals surface area contributed by atoms with Crippen LogP contribution in [0.2, 0.25) is 5.02 Å². The van der Waals surface area contributed by atoms with Gasteiger partial charge in [-0.25, -0.2) is 4.39 Å². The fourth-order valence-corrected chi connectivity index (χ4v) is 4.24. The van der Waals surface area contributed by atoms with Gasteiger partial charge >= 0.3 is 0 Å². The highest BCUT2D eigenvalue weighted by atomic mass is 35.5. The fraction of sp³-hybridized carbons (Fsp3) is 0.250. The predicted octanol–water partition coefficient (Wildman–Crippen LogP) is 4.17. The third-order valence-electron chi connectivity index (χ3n) is 5.19. The summed E-state index contributed by atoms with van der Waals surface area (Å²) in [6, 6.07) is 10.4. The van der Waals surface area contributed by atoms with E-state index < -0.39 is 29.6 Å². The van der Waals surface area contributed by atoms with Crippen molar-refractivity contribution < 1.29 is 18.8 Å². The second-order valence-electron chi connectivity index (χ2n) is 8.22. The number of hydrogen-bond donors (Lipinski definition) is 3. The molecule has 0 spiro atoms. The van der Waals surface area contributed by atoms with E-state index in [1.54, 1.807) is 24.3 Å². The van der Waals surface area contributed by atoms with Crippen molar-refractivity contribution in [3.8, 4) is 0 Å². The minimum Gasteiger partial charge on any atom is -0.395 e. The maximum absolute atomic E-state index is 13.8. The zero-order valence-corrected chi connectivity index (χ0v) is 20.7. The maximum atomic E-state index is 13.8. The first kappa shape index (κ1) is 26.1. The molecule has 0 bridgehead atoms. The zero-order valence-electron chi connectivity index (χ0n) is 19.1. The SMILES string of the molecule is CC(C)CCNC(=O)[C@H](c1ccc(Cl)cc1)N(C(=O)c1snc(C(N)=O)c1N)c1ccc(F)cc1. The fourth-order valence-electron chi connectivity index (χ4n) is 3.37. The van der Waals surface area contributed by atoms with Crippen LogP contribution in [0.3, 0.4) is 0 Å². The molecule has 1 aromatic heterocycles. The smallest absolute Gasteiger partial charge is 0.273 e. The number of carbonyl (C=O) groups excluding carboxylic acids is 3. The standard InChI is InChI=1S/C24H25ClFN5O3S/c1-13(2)11-12-29-23(33)20(14-3-5-15(25)6-4-14)31(17-9-7-16(26)8-10-17)24(34)21-18(27)19(22(28)32)30-35-21/h3-10,13,20H,11-12,27H2,1-2H3,(H2,28,32)(H,29,33)/t20-/m0/s1. The van der Waals surface area contributed by atoms with Crippen LogP contribution in [0.15, 0.2) is 48.5 Å². The summed E-state index contributed by atoms with van der Waals surface area (Å²) in [6.07, 6.45) is 0.730. The minimum atomic E-state index is -1.16. The Morgan fingerprint density at radius 2 is 1.74 bits per heavy atom. The third kappa shape index (κ3) is 6.14. The number of amides is 3. The van der Waals surface area contributed by atoms with Crippen LogP contribution < -0.4 is 21.7 Å². The van der Waals surface area contributed by atoms with Gasteiger partial charge in [-0.2, -0.15) is 4.37 Å². The Morgan fingerprint density at radius 1 is 1.11 bits per heavy atom. The van der Waals surface area contributed by atoms with Gasteiger partial charge in [0, 0.05) is 17.3 Å². The number of nitrogens with two attached hydrogens (primary N) is 2. The van der Waals surface area contributed by atoms with E-state index >= 15 is 0 Å². The van der Waals surface area contributed by atoms with E-state index in [1.165, 1.54) is 29.2 Å². The maximum Gasteiger partial charge on any atom is 0.273 e. The summed E-state index contributed by atoms with van der Waals surface area (Å²) < 4.78 is 17.6. The molecular formula is C24H25ClFN5O3S. The number of nitrogens with zero attached hydrogens (tertiary/aromatic N) is 2. The lowest BCUT2D eigenvalue weighted by Gasteiger charge is -2.31. The normalized spacial score (nSPS) is 11.8. The first-order valence-corrected chi connectivity index (χ1v) is 11.9. The van der Waals surface area contributed by atoms with Crippen LogP contribution in [-0.4, -0.2) is 28.6 Å². The monoisotopic (exact) mass is 517 g/mol. The molecule has 0 saturated carbocycles. The number of primary amides is 1. The predicted molar refractivity (Wildman–Crippen MR) is 135 cm³/mol. The van der Waals surface area contributed by atoms with Crippen molar-refractivity contribution in [1.29, 1.82) is 0 Å². The third-order valence-corrected chi connectivity index (χ3v) is 6.30. The van der Waals surface area contributed by atoms with Crippen LogP contribution in [0.1, 0.15) is 52.0 Å². The average Bonchev–Trinajstić information content (AvgIpc) is 3.20. The van der Waals surface area contributed by atoms with Crippen molar-refractivity contribution in [3.05, 3.63) is 75.5 Å². The van der Waals surface area contributed by atoms with Gasteiger partial charge in [0.2, 0.25) is 5.91 Å². The van der Waals surface area contributed by atoms with Crippen molar-refractivity contribution >= 4 is 52.2 Å². The van der Waals surface area contributed by atoms with Crippen LogP contribution >= 0.6 is 23.1 Å². The highest BCUT2D eigenvalue weighted by Crippen LogP contribution is 2.33. The summed E-state index contributed by atoms with van der Waals surface area (Å²) >= 11 is 6.74. The molecule has 3 amide bonds. The topological polar surface area (TPSA) is 131 Å². The number of carbonyl (C=O) groups is 3. The van der Waals surface area contributed by atoms with E-state index in [0.717, 1.165) is 6.42 Å². The van der Waals surface area contributed by atoms with Crippen LogP contribution in [-0.2, 0) is 4.79 Å². The largest absolute Gasteiger partial charge is 0.395 e. The molecule has 0 aliphatic rings. The molecule has 2 aromatic carbocycles. The van der Waals surface area contributed by atoms with Gasteiger partial charge in [-0.3, -0.25) is 19.3 Å².